The zero-order valence-electron chi connectivity index (χ0n) is 19.5. The quantitative estimate of drug-likeness (QED) is 0.468. The van der Waals surface area contributed by atoms with Gasteiger partial charge < -0.3 is 29.0 Å². The highest BCUT2D eigenvalue weighted by molar-refractivity contribution is 5.70. The number of halogens is 2. The fourth-order valence-electron chi connectivity index (χ4n) is 2.96. The molecule has 0 aliphatic heterocycles. The van der Waals surface area contributed by atoms with Gasteiger partial charge in [-0.2, -0.15) is 0 Å². The molecule has 1 aliphatic carbocycles. The SMILES string of the molecule is CCOC(=O)COC1=CCC=C(Nc2ncc(OCc3c(F)c(OC)cc(OC)c3F)cn2)C=C1. The lowest BCUT2D eigenvalue weighted by molar-refractivity contribution is -0.146. The number of rotatable bonds is 11. The molecule has 0 fully saturated rings. The molecule has 0 atom stereocenters. The summed E-state index contributed by atoms with van der Waals surface area (Å²) >= 11 is 0. The molecule has 0 saturated carbocycles. The van der Waals surface area contributed by atoms with Crippen molar-refractivity contribution in [3.8, 4) is 17.2 Å². The molecule has 2 aromatic rings. The summed E-state index contributed by atoms with van der Waals surface area (Å²) in [4.78, 5) is 19.7. The predicted molar refractivity (Wildman–Crippen MR) is 122 cm³/mol. The molecule has 0 saturated heterocycles. The normalized spacial score (nSPS) is 12.7. The summed E-state index contributed by atoms with van der Waals surface area (Å²) in [6.07, 6.45) is 10.4. The maximum Gasteiger partial charge on any atom is 0.344 e. The molecule has 1 aromatic heterocycles. The highest BCUT2D eigenvalue weighted by atomic mass is 19.1. The van der Waals surface area contributed by atoms with Crippen LogP contribution >= 0.6 is 0 Å². The number of benzene rings is 1. The van der Waals surface area contributed by atoms with Gasteiger partial charge in [-0.1, -0.05) is 6.08 Å². The average molecular weight is 489 g/mol. The van der Waals surface area contributed by atoms with Crippen LogP contribution in [0.2, 0.25) is 0 Å². The molecule has 1 aliphatic rings. The summed E-state index contributed by atoms with van der Waals surface area (Å²) in [7, 11) is 2.54. The van der Waals surface area contributed by atoms with E-state index in [1.54, 1.807) is 19.1 Å². The van der Waals surface area contributed by atoms with Gasteiger partial charge in [0.15, 0.2) is 35.5 Å². The molecule has 1 heterocycles. The van der Waals surface area contributed by atoms with Crippen LogP contribution in [0.4, 0.5) is 14.7 Å². The lowest BCUT2D eigenvalue weighted by Gasteiger charge is -2.13. The fourth-order valence-corrected chi connectivity index (χ4v) is 2.96. The van der Waals surface area contributed by atoms with Crippen LogP contribution in [-0.2, 0) is 20.9 Å². The number of allylic oxidation sites excluding steroid dienone is 4. The molecule has 1 N–H and O–H groups in total. The first-order valence-electron chi connectivity index (χ1n) is 10.6. The zero-order valence-corrected chi connectivity index (χ0v) is 19.5. The van der Waals surface area contributed by atoms with Gasteiger partial charge in [-0.15, -0.1) is 0 Å². The number of ether oxygens (including phenoxy) is 5. The van der Waals surface area contributed by atoms with Crippen molar-refractivity contribution >= 4 is 11.9 Å². The van der Waals surface area contributed by atoms with Crippen molar-refractivity contribution in [3.63, 3.8) is 0 Å². The zero-order chi connectivity index (χ0) is 25.2. The van der Waals surface area contributed by atoms with Crippen LogP contribution in [0.3, 0.4) is 0 Å². The lowest BCUT2D eigenvalue weighted by atomic mass is 10.1. The van der Waals surface area contributed by atoms with Crippen LogP contribution in [0.15, 0.2) is 54.2 Å². The van der Waals surface area contributed by atoms with Gasteiger partial charge in [0.2, 0.25) is 5.95 Å². The van der Waals surface area contributed by atoms with E-state index in [1.807, 2.05) is 12.2 Å². The summed E-state index contributed by atoms with van der Waals surface area (Å²) in [6, 6.07) is 1.12. The molecule has 1 aromatic carbocycles. The molecule has 186 valence electrons. The smallest absolute Gasteiger partial charge is 0.344 e. The monoisotopic (exact) mass is 489 g/mol. The second-order valence-corrected chi connectivity index (χ2v) is 6.97. The van der Waals surface area contributed by atoms with E-state index in [2.05, 4.69) is 15.3 Å². The Kier molecular flexibility index (Phi) is 8.99. The summed E-state index contributed by atoms with van der Waals surface area (Å²) in [5, 5.41) is 3.04. The first-order chi connectivity index (χ1) is 16.9. The minimum atomic E-state index is -0.878. The van der Waals surface area contributed by atoms with Crippen LogP contribution in [0, 0.1) is 11.6 Å². The van der Waals surface area contributed by atoms with Crippen LogP contribution in [0.25, 0.3) is 0 Å². The minimum absolute atomic E-state index is 0.161. The molecule has 0 unspecified atom stereocenters. The van der Waals surface area contributed by atoms with Crippen molar-refractivity contribution < 1.29 is 37.3 Å². The van der Waals surface area contributed by atoms with E-state index in [1.165, 1.54) is 26.6 Å². The number of aromatic nitrogens is 2. The topological polar surface area (TPSA) is 101 Å². The number of carbonyl (C=O) groups is 1. The van der Waals surface area contributed by atoms with Crippen molar-refractivity contribution in [1.29, 1.82) is 0 Å². The van der Waals surface area contributed by atoms with E-state index in [9.17, 15) is 13.6 Å². The third-order valence-electron chi connectivity index (χ3n) is 4.68. The van der Waals surface area contributed by atoms with Gasteiger partial charge in [-0.3, -0.25) is 0 Å². The molecule has 0 bridgehead atoms. The van der Waals surface area contributed by atoms with E-state index in [4.69, 9.17) is 23.7 Å². The molecule has 3 rings (SSSR count). The highest BCUT2D eigenvalue weighted by Crippen LogP contribution is 2.32. The Balaban J connectivity index is 1.57. The van der Waals surface area contributed by atoms with Gasteiger partial charge in [0.05, 0.1) is 38.8 Å². The fraction of sp³-hybridized carbons (Fsp3) is 0.292. The number of anilines is 1. The molecular formula is C24H25F2N3O6. The number of hydrogen-bond acceptors (Lipinski definition) is 9. The standard InChI is InChI=1S/C24H25F2N3O6/c1-4-33-21(30)14-35-16-7-5-6-15(8-9-16)29-24-27-11-17(12-28-24)34-13-18-22(25)19(31-2)10-20(32-3)23(18)26/h6-12H,4-5,13-14H2,1-3H3,(H,27,28,29). The van der Waals surface area contributed by atoms with Crippen LogP contribution in [0.5, 0.6) is 17.2 Å². The number of esters is 1. The molecule has 0 amide bonds. The Hall–Kier alpha value is -4.15. The number of nitrogens with zero attached hydrogens (tertiary/aromatic N) is 2. The first-order valence-corrected chi connectivity index (χ1v) is 10.6. The molecule has 11 heteroatoms. The number of nitrogens with one attached hydrogen (secondary N) is 1. The van der Waals surface area contributed by atoms with E-state index < -0.39 is 24.2 Å². The van der Waals surface area contributed by atoms with Gasteiger partial charge in [-0.25, -0.2) is 23.5 Å². The van der Waals surface area contributed by atoms with Crippen molar-refractivity contribution in [3.05, 3.63) is 71.4 Å². The molecule has 0 radical (unpaired) electrons. The van der Waals surface area contributed by atoms with Crippen molar-refractivity contribution in [2.24, 2.45) is 0 Å². The predicted octanol–water partition coefficient (Wildman–Crippen LogP) is 4.07. The third kappa shape index (κ3) is 6.92. The number of carbonyl (C=O) groups excluding carboxylic acids is 1. The van der Waals surface area contributed by atoms with Crippen molar-refractivity contribution in [2.45, 2.75) is 20.0 Å². The van der Waals surface area contributed by atoms with Crippen LogP contribution in [-0.4, -0.2) is 43.4 Å². The average Bonchev–Trinajstić information content (AvgIpc) is 3.09. The third-order valence-corrected chi connectivity index (χ3v) is 4.68. The molecule has 0 spiro atoms. The van der Waals surface area contributed by atoms with Gasteiger partial charge >= 0.3 is 5.97 Å². The maximum atomic E-state index is 14.5. The molecule has 35 heavy (non-hydrogen) atoms. The van der Waals surface area contributed by atoms with Gasteiger partial charge in [0.1, 0.15) is 12.4 Å². The van der Waals surface area contributed by atoms with Crippen molar-refractivity contribution in [2.75, 3.05) is 32.8 Å². The van der Waals surface area contributed by atoms with Crippen molar-refractivity contribution in [1.82, 2.24) is 9.97 Å². The maximum absolute atomic E-state index is 14.5. The largest absolute Gasteiger partial charge is 0.494 e. The summed E-state index contributed by atoms with van der Waals surface area (Å²) < 4.78 is 54.5. The second-order valence-electron chi connectivity index (χ2n) is 6.97. The van der Waals surface area contributed by atoms with E-state index >= 15 is 0 Å². The lowest BCUT2D eigenvalue weighted by Crippen LogP contribution is -2.11. The summed E-state index contributed by atoms with van der Waals surface area (Å²) in [5.74, 6) is -1.50. The Morgan fingerprint density at radius 2 is 1.71 bits per heavy atom. The van der Waals surface area contributed by atoms with Gasteiger partial charge in [-0.05, 0) is 31.6 Å². The Labute approximate surface area is 201 Å². The minimum Gasteiger partial charge on any atom is -0.494 e. The highest BCUT2D eigenvalue weighted by Gasteiger charge is 2.20. The summed E-state index contributed by atoms with van der Waals surface area (Å²) in [6.45, 7) is 1.42. The Morgan fingerprint density at radius 3 is 2.34 bits per heavy atom. The van der Waals surface area contributed by atoms with Gasteiger partial charge in [0, 0.05) is 11.8 Å². The van der Waals surface area contributed by atoms with Gasteiger partial charge in [0.25, 0.3) is 0 Å². The molecule has 9 nitrogen and oxygen atoms in total. The Bertz CT molecular complexity index is 1100. The first kappa shape index (κ1) is 25.5. The number of hydrogen-bond donors (Lipinski definition) is 1. The van der Waals surface area contributed by atoms with E-state index in [0.29, 0.717) is 24.5 Å². The molecular weight excluding hydrogens is 464 g/mol. The van der Waals surface area contributed by atoms with E-state index in [-0.39, 0.29) is 35.4 Å². The summed E-state index contributed by atoms with van der Waals surface area (Å²) in [5.41, 5.74) is 0.364. The van der Waals surface area contributed by atoms with Crippen LogP contribution in [0.1, 0.15) is 18.9 Å². The second kappa shape index (κ2) is 12.4. The Morgan fingerprint density at radius 1 is 1.03 bits per heavy atom. The number of methoxy groups -OCH3 is 2. The van der Waals surface area contributed by atoms with E-state index in [0.717, 1.165) is 6.07 Å². The van der Waals surface area contributed by atoms with Crippen LogP contribution < -0.4 is 19.5 Å².